The molecule has 0 aliphatic carbocycles. The molecular weight excluding hydrogens is 288 g/mol. The van der Waals surface area contributed by atoms with Gasteiger partial charge in [-0.1, -0.05) is 45.0 Å². The summed E-state index contributed by atoms with van der Waals surface area (Å²) in [6, 6.07) is 8.38. The van der Waals surface area contributed by atoms with Crippen LogP contribution in [0.15, 0.2) is 24.3 Å². The molecule has 3 N–H and O–H groups in total. The second kappa shape index (κ2) is 7.45. The van der Waals surface area contributed by atoms with Crippen LogP contribution in [0.4, 0.5) is 0 Å². The Morgan fingerprint density at radius 1 is 1.35 bits per heavy atom. The van der Waals surface area contributed by atoms with Crippen LogP contribution >= 0.6 is 0 Å². The monoisotopic (exact) mass is 318 g/mol. The van der Waals surface area contributed by atoms with E-state index in [1.807, 2.05) is 12.1 Å². The van der Waals surface area contributed by atoms with Gasteiger partial charge in [-0.05, 0) is 42.9 Å². The van der Waals surface area contributed by atoms with Gasteiger partial charge in [0.05, 0.1) is 6.10 Å². The number of amides is 1. The topological polar surface area (TPSA) is 61.4 Å². The minimum absolute atomic E-state index is 0.0571. The molecule has 1 fully saturated rings. The number of hydrogen-bond acceptors (Lipinski definition) is 3. The molecule has 1 amide bonds. The van der Waals surface area contributed by atoms with E-state index in [2.05, 4.69) is 50.5 Å². The van der Waals surface area contributed by atoms with Gasteiger partial charge in [0.15, 0.2) is 0 Å². The fourth-order valence-corrected chi connectivity index (χ4v) is 3.03. The Morgan fingerprint density at radius 3 is 2.57 bits per heavy atom. The van der Waals surface area contributed by atoms with Gasteiger partial charge >= 0.3 is 0 Å². The third kappa shape index (κ3) is 5.05. The molecule has 2 rings (SSSR count). The van der Waals surface area contributed by atoms with Crippen LogP contribution in [-0.4, -0.2) is 30.1 Å². The van der Waals surface area contributed by atoms with Crippen LogP contribution in [0.2, 0.25) is 0 Å². The number of nitrogens with one attached hydrogen (secondary N) is 2. The Labute approximate surface area is 139 Å². The van der Waals surface area contributed by atoms with Gasteiger partial charge in [0.25, 0.3) is 0 Å². The number of carbonyl (C=O) groups is 1. The Kier molecular flexibility index (Phi) is 5.82. The zero-order chi connectivity index (χ0) is 17.0. The molecule has 1 aliphatic heterocycles. The summed E-state index contributed by atoms with van der Waals surface area (Å²) in [6.45, 7) is 9.75. The molecule has 1 unspecified atom stereocenters. The van der Waals surface area contributed by atoms with Gasteiger partial charge in [0.2, 0.25) is 5.91 Å². The first kappa shape index (κ1) is 18.0. The average Bonchev–Trinajstić information content (AvgIpc) is 2.51. The van der Waals surface area contributed by atoms with E-state index in [4.69, 9.17) is 0 Å². The van der Waals surface area contributed by atoms with E-state index in [1.54, 1.807) is 0 Å². The maximum absolute atomic E-state index is 12.2. The average molecular weight is 318 g/mol. The van der Waals surface area contributed by atoms with E-state index >= 15 is 0 Å². The summed E-state index contributed by atoms with van der Waals surface area (Å²) in [7, 11) is 0. The Bertz CT molecular complexity index is 519. The van der Waals surface area contributed by atoms with Crippen molar-refractivity contribution in [2.75, 3.05) is 13.1 Å². The number of rotatable bonds is 4. The quantitative estimate of drug-likeness (QED) is 0.799. The van der Waals surface area contributed by atoms with Gasteiger partial charge in [-0.3, -0.25) is 4.79 Å². The molecule has 4 heteroatoms. The summed E-state index contributed by atoms with van der Waals surface area (Å²) in [5.74, 6) is 0.116. The smallest absolute Gasteiger partial charge is 0.223 e. The fourth-order valence-electron chi connectivity index (χ4n) is 3.03. The minimum atomic E-state index is -0.660. The fraction of sp³-hybridized carbons (Fsp3) is 0.632. The third-order valence-corrected chi connectivity index (χ3v) is 4.63. The van der Waals surface area contributed by atoms with Gasteiger partial charge < -0.3 is 15.7 Å². The molecule has 0 saturated carbocycles. The van der Waals surface area contributed by atoms with E-state index < -0.39 is 6.10 Å². The summed E-state index contributed by atoms with van der Waals surface area (Å²) >= 11 is 0. The van der Waals surface area contributed by atoms with E-state index in [1.165, 1.54) is 5.56 Å². The molecule has 3 atom stereocenters. The lowest BCUT2D eigenvalue weighted by atomic mass is 9.86. The second-order valence-corrected chi connectivity index (χ2v) is 7.71. The standard InChI is InChI=1S/C19H30N2O2/c1-13-11-15(9-10-20-13)18(23)21-12-17(22)14-5-7-16(8-6-14)19(2,3)4/h5-8,13,15,17,20,22H,9-12H2,1-4H3,(H,21,23)/t13-,15-,17?/m0/s1. The molecule has 0 aromatic heterocycles. The predicted octanol–water partition coefficient (Wildman–Crippen LogP) is 2.52. The van der Waals surface area contributed by atoms with Gasteiger partial charge in [0, 0.05) is 18.5 Å². The number of piperidine rings is 1. The van der Waals surface area contributed by atoms with Crippen molar-refractivity contribution in [1.82, 2.24) is 10.6 Å². The molecule has 1 aromatic rings. The first-order chi connectivity index (χ1) is 10.8. The number of benzene rings is 1. The van der Waals surface area contributed by atoms with Crippen LogP contribution in [0.3, 0.4) is 0 Å². The highest BCUT2D eigenvalue weighted by Gasteiger charge is 2.25. The number of aliphatic hydroxyl groups is 1. The normalized spacial score (nSPS) is 23.3. The zero-order valence-corrected chi connectivity index (χ0v) is 14.7. The lowest BCUT2D eigenvalue weighted by Gasteiger charge is -2.27. The highest BCUT2D eigenvalue weighted by atomic mass is 16.3. The highest BCUT2D eigenvalue weighted by molar-refractivity contribution is 5.78. The molecule has 1 aliphatic rings. The van der Waals surface area contributed by atoms with Crippen LogP contribution in [0.5, 0.6) is 0 Å². The summed E-state index contributed by atoms with van der Waals surface area (Å²) < 4.78 is 0. The van der Waals surface area contributed by atoms with Crippen molar-refractivity contribution >= 4 is 5.91 Å². The molecule has 1 saturated heterocycles. The minimum Gasteiger partial charge on any atom is -0.387 e. The maximum Gasteiger partial charge on any atom is 0.223 e. The van der Waals surface area contributed by atoms with Crippen LogP contribution in [-0.2, 0) is 10.2 Å². The van der Waals surface area contributed by atoms with Crippen molar-refractivity contribution in [2.45, 2.75) is 58.1 Å². The van der Waals surface area contributed by atoms with Crippen molar-refractivity contribution in [1.29, 1.82) is 0 Å². The first-order valence-electron chi connectivity index (χ1n) is 8.57. The third-order valence-electron chi connectivity index (χ3n) is 4.63. The van der Waals surface area contributed by atoms with Crippen LogP contribution in [0.1, 0.15) is 57.8 Å². The number of aliphatic hydroxyl groups excluding tert-OH is 1. The van der Waals surface area contributed by atoms with Crippen LogP contribution in [0, 0.1) is 5.92 Å². The molecular formula is C19H30N2O2. The van der Waals surface area contributed by atoms with Crippen molar-refractivity contribution in [3.8, 4) is 0 Å². The molecule has 1 heterocycles. The van der Waals surface area contributed by atoms with Gasteiger partial charge in [0.1, 0.15) is 0 Å². The predicted molar refractivity (Wildman–Crippen MR) is 93.3 cm³/mol. The van der Waals surface area contributed by atoms with E-state index in [9.17, 15) is 9.90 Å². The molecule has 1 aromatic carbocycles. The maximum atomic E-state index is 12.2. The summed E-state index contributed by atoms with van der Waals surface area (Å²) in [5, 5.41) is 16.5. The molecule has 4 nitrogen and oxygen atoms in total. The lowest BCUT2D eigenvalue weighted by Crippen LogP contribution is -2.43. The van der Waals surface area contributed by atoms with Crippen molar-refractivity contribution in [2.24, 2.45) is 5.92 Å². The second-order valence-electron chi connectivity index (χ2n) is 7.71. The molecule has 23 heavy (non-hydrogen) atoms. The summed E-state index contributed by atoms with van der Waals surface area (Å²) in [5.41, 5.74) is 2.18. The molecule has 0 spiro atoms. The molecule has 0 bridgehead atoms. The number of hydrogen-bond donors (Lipinski definition) is 3. The van der Waals surface area contributed by atoms with Crippen LogP contribution in [0.25, 0.3) is 0 Å². The Balaban J connectivity index is 1.86. The summed E-state index contributed by atoms with van der Waals surface area (Å²) in [6.07, 6.45) is 1.07. The van der Waals surface area contributed by atoms with Crippen molar-refractivity contribution in [3.63, 3.8) is 0 Å². The van der Waals surface area contributed by atoms with Gasteiger partial charge in [-0.25, -0.2) is 0 Å². The zero-order valence-electron chi connectivity index (χ0n) is 14.7. The Morgan fingerprint density at radius 2 is 2.00 bits per heavy atom. The van der Waals surface area contributed by atoms with Gasteiger partial charge in [-0.2, -0.15) is 0 Å². The van der Waals surface area contributed by atoms with E-state index in [-0.39, 0.29) is 23.8 Å². The highest BCUT2D eigenvalue weighted by Crippen LogP contribution is 2.24. The van der Waals surface area contributed by atoms with Crippen molar-refractivity contribution < 1.29 is 9.90 Å². The van der Waals surface area contributed by atoms with E-state index in [0.29, 0.717) is 6.04 Å². The van der Waals surface area contributed by atoms with Crippen LogP contribution < -0.4 is 10.6 Å². The SMILES string of the molecule is C[C@H]1C[C@@H](C(=O)NCC(O)c2ccc(C(C)(C)C)cc2)CCN1. The van der Waals surface area contributed by atoms with E-state index in [0.717, 1.165) is 24.9 Å². The molecule has 128 valence electrons. The summed E-state index contributed by atoms with van der Waals surface area (Å²) in [4.78, 5) is 12.2. The lowest BCUT2D eigenvalue weighted by molar-refractivity contribution is -0.126. The van der Waals surface area contributed by atoms with Crippen molar-refractivity contribution in [3.05, 3.63) is 35.4 Å². The largest absolute Gasteiger partial charge is 0.387 e. The number of carbonyl (C=O) groups excluding carboxylic acids is 1. The first-order valence-corrected chi connectivity index (χ1v) is 8.57. The Hall–Kier alpha value is -1.39. The molecule has 0 radical (unpaired) electrons. The van der Waals surface area contributed by atoms with Gasteiger partial charge in [-0.15, -0.1) is 0 Å².